The second-order valence-corrected chi connectivity index (χ2v) is 9.26. The molecule has 0 radical (unpaired) electrons. The van der Waals surface area contributed by atoms with Crippen LogP contribution in [0.25, 0.3) is 0 Å². The predicted octanol–water partition coefficient (Wildman–Crippen LogP) is 5.01. The SMILES string of the molecule is COc1cccc(N(C=O)CCN(C=O)C2=Nc3c(F)cccc3C(CC(=O)O)N2c2cc(C(F)(F)F)ccc2OC)c1. The Morgan fingerprint density at radius 3 is 2.33 bits per heavy atom. The molecule has 1 heterocycles. The number of rotatable bonds is 11. The van der Waals surface area contributed by atoms with Crippen LogP contribution in [0.1, 0.15) is 23.6 Å². The van der Waals surface area contributed by atoms with Crippen molar-refractivity contribution in [2.75, 3.05) is 37.1 Å². The quantitative estimate of drug-likeness (QED) is 0.243. The molecule has 2 amide bonds. The van der Waals surface area contributed by atoms with Crippen LogP contribution in [0.4, 0.5) is 34.6 Å². The molecular formula is C29H26F4N4O6. The van der Waals surface area contributed by atoms with Gasteiger partial charge in [0.2, 0.25) is 18.8 Å². The normalized spacial score (nSPS) is 14.3. The zero-order chi connectivity index (χ0) is 31.3. The maximum atomic E-state index is 15.1. The molecule has 1 aliphatic rings. The molecule has 14 heteroatoms. The van der Waals surface area contributed by atoms with Gasteiger partial charge in [-0.25, -0.2) is 9.38 Å². The topological polar surface area (TPSA) is 112 Å². The molecule has 0 bridgehead atoms. The maximum Gasteiger partial charge on any atom is 0.416 e. The van der Waals surface area contributed by atoms with E-state index in [1.807, 2.05) is 0 Å². The van der Waals surface area contributed by atoms with Gasteiger partial charge in [0.15, 0.2) is 0 Å². The summed E-state index contributed by atoms with van der Waals surface area (Å²) in [7, 11) is 2.65. The number of hydrogen-bond acceptors (Lipinski definition) is 7. The lowest BCUT2D eigenvalue weighted by molar-refractivity contribution is -0.138. The minimum Gasteiger partial charge on any atom is -0.497 e. The second kappa shape index (κ2) is 12.8. The van der Waals surface area contributed by atoms with Crippen molar-refractivity contribution in [2.24, 2.45) is 4.99 Å². The molecule has 0 spiro atoms. The Hall–Kier alpha value is -5.14. The molecule has 3 aromatic carbocycles. The number of aliphatic imine (C=N–C) groups is 1. The van der Waals surface area contributed by atoms with E-state index >= 15 is 4.39 Å². The molecule has 0 fully saturated rings. The highest BCUT2D eigenvalue weighted by Gasteiger charge is 2.40. The largest absolute Gasteiger partial charge is 0.497 e. The highest BCUT2D eigenvalue weighted by Crippen LogP contribution is 2.46. The number of anilines is 2. The fourth-order valence-corrected chi connectivity index (χ4v) is 4.70. The van der Waals surface area contributed by atoms with E-state index in [1.165, 1.54) is 31.3 Å². The molecule has 1 aliphatic heterocycles. The standard InChI is InChI=1S/C29H26F4N4O6/c1-42-20-6-3-5-19(14-20)35(16-38)11-12-36(17-39)28-34-27-21(7-4-8-22(27)30)23(15-26(40)41)37(28)24-13-18(29(31,32)33)9-10-25(24)43-2/h3-10,13-14,16-17,23H,11-12,15H2,1-2H3,(H,40,41). The van der Waals surface area contributed by atoms with Gasteiger partial charge in [-0.1, -0.05) is 18.2 Å². The van der Waals surface area contributed by atoms with E-state index in [0.717, 1.165) is 34.1 Å². The van der Waals surface area contributed by atoms with Crippen molar-refractivity contribution in [3.8, 4) is 11.5 Å². The van der Waals surface area contributed by atoms with Crippen molar-refractivity contribution < 1.29 is 46.5 Å². The van der Waals surface area contributed by atoms with Crippen LogP contribution >= 0.6 is 0 Å². The maximum absolute atomic E-state index is 15.1. The van der Waals surface area contributed by atoms with Crippen molar-refractivity contribution in [3.05, 3.63) is 77.6 Å². The molecule has 1 N–H and O–H groups in total. The van der Waals surface area contributed by atoms with E-state index in [9.17, 15) is 32.7 Å². The number of amides is 2. The number of aliphatic carboxylic acids is 1. The summed E-state index contributed by atoms with van der Waals surface area (Å²) in [4.78, 5) is 44.1. The molecule has 43 heavy (non-hydrogen) atoms. The van der Waals surface area contributed by atoms with Crippen molar-refractivity contribution >= 4 is 41.8 Å². The number of fused-ring (bicyclic) bond motifs is 1. The Morgan fingerprint density at radius 2 is 1.70 bits per heavy atom. The molecule has 0 saturated carbocycles. The first-order chi connectivity index (χ1) is 20.5. The summed E-state index contributed by atoms with van der Waals surface area (Å²) in [6.45, 7) is -0.393. The number of carboxylic acids is 1. The molecule has 226 valence electrons. The number of methoxy groups -OCH3 is 2. The molecule has 4 rings (SSSR count). The molecule has 10 nitrogen and oxygen atoms in total. The molecule has 3 aromatic rings. The summed E-state index contributed by atoms with van der Waals surface area (Å²) in [6, 6.07) is 11.6. The van der Waals surface area contributed by atoms with Crippen LogP contribution < -0.4 is 19.3 Å². The third-order valence-electron chi connectivity index (χ3n) is 6.73. The Balaban J connectivity index is 1.87. The lowest BCUT2D eigenvalue weighted by atomic mass is 9.96. The van der Waals surface area contributed by atoms with Gasteiger partial charge in [-0.3, -0.25) is 19.3 Å². The van der Waals surface area contributed by atoms with Gasteiger partial charge in [0.1, 0.15) is 23.0 Å². The molecule has 1 unspecified atom stereocenters. The van der Waals surface area contributed by atoms with E-state index < -0.39 is 36.0 Å². The predicted molar refractivity (Wildman–Crippen MR) is 148 cm³/mol. The van der Waals surface area contributed by atoms with Crippen molar-refractivity contribution in [3.63, 3.8) is 0 Å². The Labute approximate surface area is 243 Å². The molecule has 0 aromatic heterocycles. The van der Waals surface area contributed by atoms with Crippen LogP contribution in [0.5, 0.6) is 11.5 Å². The van der Waals surface area contributed by atoms with E-state index in [1.54, 1.807) is 24.3 Å². The number of para-hydroxylation sites is 1. The van der Waals surface area contributed by atoms with Crippen LogP contribution in [0.2, 0.25) is 0 Å². The first-order valence-corrected chi connectivity index (χ1v) is 12.7. The summed E-state index contributed by atoms with van der Waals surface area (Å²) in [5.74, 6) is -2.18. The lowest BCUT2D eigenvalue weighted by Crippen LogP contribution is -2.50. The summed E-state index contributed by atoms with van der Waals surface area (Å²) in [6.07, 6.45) is -4.67. The van der Waals surface area contributed by atoms with Gasteiger partial charge >= 0.3 is 12.1 Å². The number of carboxylic acid groups (broad SMARTS) is 1. The monoisotopic (exact) mass is 602 g/mol. The highest BCUT2D eigenvalue weighted by atomic mass is 19.4. The number of hydrogen-bond donors (Lipinski definition) is 1. The minimum atomic E-state index is -4.79. The van der Waals surface area contributed by atoms with Crippen LogP contribution in [0.15, 0.2) is 65.7 Å². The van der Waals surface area contributed by atoms with E-state index in [2.05, 4.69) is 4.99 Å². The second-order valence-electron chi connectivity index (χ2n) is 9.26. The lowest BCUT2D eigenvalue weighted by Gasteiger charge is -2.41. The van der Waals surface area contributed by atoms with Crippen LogP contribution in [0.3, 0.4) is 0 Å². The average Bonchev–Trinajstić information content (AvgIpc) is 2.98. The molecule has 0 aliphatic carbocycles. The van der Waals surface area contributed by atoms with E-state index in [4.69, 9.17) is 9.47 Å². The van der Waals surface area contributed by atoms with E-state index in [0.29, 0.717) is 24.3 Å². The van der Waals surface area contributed by atoms with Gasteiger partial charge < -0.3 is 24.4 Å². The summed E-state index contributed by atoms with van der Waals surface area (Å²) in [5.41, 5.74) is -1.13. The van der Waals surface area contributed by atoms with E-state index in [-0.39, 0.29) is 41.7 Å². The summed E-state index contributed by atoms with van der Waals surface area (Å²) in [5, 5.41) is 9.78. The number of nitrogens with zero attached hydrogens (tertiary/aromatic N) is 4. The third kappa shape index (κ3) is 6.52. The van der Waals surface area contributed by atoms with Gasteiger partial charge in [0.05, 0.1) is 37.9 Å². The minimum absolute atomic E-state index is 0.0716. The smallest absolute Gasteiger partial charge is 0.416 e. The third-order valence-corrected chi connectivity index (χ3v) is 6.73. The van der Waals surface area contributed by atoms with Gasteiger partial charge in [0, 0.05) is 30.4 Å². The van der Waals surface area contributed by atoms with Gasteiger partial charge in [-0.2, -0.15) is 13.2 Å². The molecule has 0 saturated heterocycles. The van der Waals surface area contributed by atoms with Gasteiger partial charge in [-0.05, 0) is 36.4 Å². The fraction of sp³-hybridized carbons (Fsp3) is 0.241. The average molecular weight is 603 g/mol. The number of benzene rings is 3. The number of halogens is 4. The number of guanidine groups is 1. The Bertz CT molecular complexity index is 1550. The van der Waals surface area contributed by atoms with Crippen LogP contribution in [-0.4, -0.2) is 62.1 Å². The number of carbonyl (C=O) groups is 3. The van der Waals surface area contributed by atoms with Crippen molar-refractivity contribution in [2.45, 2.75) is 18.6 Å². The fourth-order valence-electron chi connectivity index (χ4n) is 4.70. The van der Waals surface area contributed by atoms with Crippen molar-refractivity contribution in [1.82, 2.24) is 4.90 Å². The number of ether oxygens (including phenoxy) is 2. The van der Waals surface area contributed by atoms with Crippen molar-refractivity contribution in [1.29, 1.82) is 0 Å². The number of carbonyl (C=O) groups excluding carboxylic acids is 2. The zero-order valence-electron chi connectivity index (χ0n) is 22.9. The molecular weight excluding hydrogens is 576 g/mol. The van der Waals surface area contributed by atoms with Crippen LogP contribution in [-0.2, 0) is 20.6 Å². The number of alkyl halides is 3. The van der Waals surface area contributed by atoms with Crippen LogP contribution in [0, 0.1) is 5.82 Å². The highest BCUT2D eigenvalue weighted by molar-refractivity contribution is 6.06. The van der Waals surface area contributed by atoms with Gasteiger partial charge in [-0.15, -0.1) is 0 Å². The Kier molecular flexibility index (Phi) is 9.17. The van der Waals surface area contributed by atoms with Gasteiger partial charge in [0.25, 0.3) is 0 Å². The Morgan fingerprint density at radius 1 is 1.00 bits per heavy atom. The zero-order valence-corrected chi connectivity index (χ0v) is 22.9. The first-order valence-electron chi connectivity index (χ1n) is 12.7. The molecule has 1 atom stereocenters. The summed E-state index contributed by atoms with van der Waals surface area (Å²) >= 11 is 0. The summed E-state index contributed by atoms with van der Waals surface area (Å²) < 4.78 is 67.0. The first kappa shape index (κ1) is 30.8.